The van der Waals surface area contributed by atoms with E-state index in [1.165, 1.54) is 16.9 Å². The van der Waals surface area contributed by atoms with Crippen LogP contribution in [-0.2, 0) is 6.54 Å². The standard InChI is InChI=1S/C20H23N3O2S/c1-5-22(6-2)20(25)17-14(4)16-18(26-17)21-12-23(19(16)24)11-15-9-7-13(3)8-10-15/h7-10,12H,5-6,11H2,1-4H3. The molecule has 2 heterocycles. The summed E-state index contributed by atoms with van der Waals surface area (Å²) in [5.74, 6) is -0.0278. The van der Waals surface area contributed by atoms with Gasteiger partial charge in [-0.2, -0.15) is 0 Å². The molecule has 0 N–H and O–H groups in total. The fourth-order valence-electron chi connectivity index (χ4n) is 3.02. The zero-order valence-corrected chi connectivity index (χ0v) is 16.4. The topological polar surface area (TPSA) is 55.2 Å². The Bertz CT molecular complexity index is 998. The van der Waals surface area contributed by atoms with Crippen molar-refractivity contribution in [2.45, 2.75) is 34.2 Å². The minimum Gasteiger partial charge on any atom is -0.338 e. The van der Waals surface area contributed by atoms with Crippen molar-refractivity contribution < 1.29 is 4.79 Å². The number of amides is 1. The molecule has 6 heteroatoms. The smallest absolute Gasteiger partial charge is 0.264 e. The van der Waals surface area contributed by atoms with Crippen molar-refractivity contribution >= 4 is 27.5 Å². The maximum absolute atomic E-state index is 13.0. The summed E-state index contributed by atoms with van der Waals surface area (Å²) >= 11 is 1.31. The van der Waals surface area contributed by atoms with Gasteiger partial charge in [0.05, 0.1) is 23.1 Å². The number of hydrogen-bond donors (Lipinski definition) is 0. The molecule has 0 radical (unpaired) electrons. The zero-order valence-electron chi connectivity index (χ0n) is 15.6. The Balaban J connectivity index is 2.03. The van der Waals surface area contributed by atoms with Gasteiger partial charge in [0, 0.05) is 13.1 Å². The zero-order chi connectivity index (χ0) is 18.8. The van der Waals surface area contributed by atoms with Gasteiger partial charge in [0.25, 0.3) is 11.5 Å². The molecular weight excluding hydrogens is 346 g/mol. The molecule has 0 atom stereocenters. The van der Waals surface area contributed by atoms with Crippen LogP contribution in [0.2, 0.25) is 0 Å². The molecule has 5 nitrogen and oxygen atoms in total. The van der Waals surface area contributed by atoms with Gasteiger partial charge in [0.15, 0.2) is 0 Å². The molecule has 26 heavy (non-hydrogen) atoms. The van der Waals surface area contributed by atoms with Gasteiger partial charge in [-0.25, -0.2) is 4.98 Å². The Labute approximate surface area is 156 Å². The van der Waals surface area contributed by atoms with Crippen LogP contribution in [0, 0.1) is 13.8 Å². The Morgan fingerprint density at radius 3 is 2.42 bits per heavy atom. The van der Waals surface area contributed by atoms with Crippen molar-refractivity contribution in [2.75, 3.05) is 13.1 Å². The van der Waals surface area contributed by atoms with E-state index in [2.05, 4.69) is 4.98 Å². The average Bonchev–Trinajstić information content (AvgIpc) is 2.97. The lowest BCUT2D eigenvalue weighted by Crippen LogP contribution is -2.30. The molecule has 0 aliphatic heterocycles. The van der Waals surface area contributed by atoms with Crippen LogP contribution in [0.3, 0.4) is 0 Å². The third kappa shape index (κ3) is 3.29. The van der Waals surface area contributed by atoms with Crippen molar-refractivity contribution in [3.8, 4) is 0 Å². The molecule has 0 unspecified atom stereocenters. The lowest BCUT2D eigenvalue weighted by atomic mass is 10.1. The number of carbonyl (C=O) groups excluding carboxylic acids is 1. The minimum atomic E-state index is -0.0945. The number of nitrogens with zero attached hydrogens (tertiary/aromatic N) is 3. The lowest BCUT2D eigenvalue weighted by Gasteiger charge is -2.17. The molecule has 3 rings (SSSR count). The molecule has 2 aromatic heterocycles. The number of aromatic nitrogens is 2. The molecule has 0 bridgehead atoms. The number of rotatable bonds is 5. The Kier molecular flexibility index (Phi) is 5.23. The first-order valence-corrected chi connectivity index (χ1v) is 9.61. The van der Waals surface area contributed by atoms with Crippen LogP contribution in [0.5, 0.6) is 0 Å². The lowest BCUT2D eigenvalue weighted by molar-refractivity contribution is 0.0777. The minimum absolute atomic E-state index is 0.0278. The molecule has 0 aliphatic carbocycles. The van der Waals surface area contributed by atoms with E-state index >= 15 is 0 Å². The van der Waals surface area contributed by atoms with Crippen molar-refractivity contribution in [1.29, 1.82) is 0 Å². The van der Waals surface area contributed by atoms with Crippen LogP contribution in [0.15, 0.2) is 35.4 Å². The highest BCUT2D eigenvalue weighted by Gasteiger charge is 2.22. The van der Waals surface area contributed by atoms with Crippen LogP contribution in [0.25, 0.3) is 10.2 Å². The highest BCUT2D eigenvalue weighted by Crippen LogP contribution is 2.28. The third-order valence-corrected chi connectivity index (χ3v) is 5.82. The van der Waals surface area contributed by atoms with E-state index in [1.807, 2.05) is 52.0 Å². The Morgan fingerprint density at radius 2 is 1.81 bits per heavy atom. The maximum Gasteiger partial charge on any atom is 0.264 e. The summed E-state index contributed by atoms with van der Waals surface area (Å²) in [7, 11) is 0. The van der Waals surface area contributed by atoms with E-state index < -0.39 is 0 Å². The second-order valence-electron chi connectivity index (χ2n) is 6.38. The molecule has 0 saturated carbocycles. The van der Waals surface area contributed by atoms with Crippen molar-refractivity contribution in [1.82, 2.24) is 14.5 Å². The van der Waals surface area contributed by atoms with Gasteiger partial charge in [0.2, 0.25) is 0 Å². The molecule has 0 saturated heterocycles. The second kappa shape index (κ2) is 7.41. The van der Waals surface area contributed by atoms with E-state index in [1.54, 1.807) is 15.8 Å². The summed E-state index contributed by atoms with van der Waals surface area (Å²) in [6, 6.07) is 8.09. The highest BCUT2D eigenvalue weighted by molar-refractivity contribution is 7.20. The number of carbonyl (C=O) groups is 1. The fourth-order valence-corrected chi connectivity index (χ4v) is 4.13. The molecule has 1 amide bonds. The molecule has 136 valence electrons. The Hall–Kier alpha value is -2.47. The SMILES string of the molecule is CCN(CC)C(=O)c1sc2ncn(Cc3ccc(C)cc3)c(=O)c2c1C. The van der Waals surface area contributed by atoms with Crippen LogP contribution >= 0.6 is 11.3 Å². The molecule has 0 fully saturated rings. The van der Waals surface area contributed by atoms with Crippen LogP contribution < -0.4 is 5.56 Å². The van der Waals surface area contributed by atoms with E-state index in [4.69, 9.17) is 0 Å². The summed E-state index contributed by atoms with van der Waals surface area (Å²) in [4.78, 5) is 33.1. The monoisotopic (exact) mass is 369 g/mol. The maximum atomic E-state index is 13.0. The summed E-state index contributed by atoms with van der Waals surface area (Å²) < 4.78 is 1.61. The van der Waals surface area contributed by atoms with E-state index in [0.29, 0.717) is 34.7 Å². The van der Waals surface area contributed by atoms with Gasteiger partial charge in [0.1, 0.15) is 4.83 Å². The van der Waals surface area contributed by atoms with Crippen LogP contribution in [0.1, 0.15) is 40.2 Å². The average molecular weight is 369 g/mol. The first-order valence-electron chi connectivity index (χ1n) is 8.79. The third-order valence-electron chi connectivity index (χ3n) is 4.64. The molecule has 0 spiro atoms. The second-order valence-corrected chi connectivity index (χ2v) is 7.38. The Morgan fingerprint density at radius 1 is 1.15 bits per heavy atom. The van der Waals surface area contributed by atoms with Crippen molar-refractivity contribution in [3.05, 3.63) is 62.5 Å². The largest absolute Gasteiger partial charge is 0.338 e. The van der Waals surface area contributed by atoms with Gasteiger partial charge in [-0.15, -0.1) is 11.3 Å². The van der Waals surface area contributed by atoms with E-state index in [9.17, 15) is 9.59 Å². The van der Waals surface area contributed by atoms with Crippen molar-refractivity contribution in [3.63, 3.8) is 0 Å². The quantitative estimate of drug-likeness (QED) is 0.690. The molecule has 1 aromatic carbocycles. The fraction of sp³-hybridized carbons (Fsp3) is 0.350. The van der Waals surface area contributed by atoms with E-state index in [-0.39, 0.29) is 11.5 Å². The highest BCUT2D eigenvalue weighted by atomic mass is 32.1. The normalized spacial score (nSPS) is 11.1. The molecule has 3 aromatic rings. The first-order chi connectivity index (χ1) is 12.5. The van der Waals surface area contributed by atoms with E-state index in [0.717, 1.165) is 11.1 Å². The number of hydrogen-bond acceptors (Lipinski definition) is 4. The number of thiophene rings is 1. The summed E-state index contributed by atoms with van der Waals surface area (Å²) in [6.07, 6.45) is 1.58. The number of aryl methyl sites for hydroxylation is 2. The summed E-state index contributed by atoms with van der Waals surface area (Å²) in [5.41, 5.74) is 2.87. The van der Waals surface area contributed by atoms with Gasteiger partial charge < -0.3 is 4.90 Å². The number of benzene rings is 1. The predicted octanol–water partition coefficient (Wildman–Crippen LogP) is 3.61. The predicted molar refractivity (Wildman–Crippen MR) is 106 cm³/mol. The number of fused-ring (bicyclic) bond motifs is 1. The van der Waals surface area contributed by atoms with Crippen LogP contribution in [0.4, 0.5) is 0 Å². The van der Waals surface area contributed by atoms with Crippen LogP contribution in [-0.4, -0.2) is 33.4 Å². The molecular formula is C20H23N3O2S. The van der Waals surface area contributed by atoms with Gasteiger partial charge in [-0.1, -0.05) is 29.8 Å². The van der Waals surface area contributed by atoms with Gasteiger partial charge >= 0.3 is 0 Å². The first kappa shape index (κ1) is 18.3. The van der Waals surface area contributed by atoms with Crippen molar-refractivity contribution in [2.24, 2.45) is 0 Å². The van der Waals surface area contributed by atoms with Gasteiger partial charge in [-0.05, 0) is 38.8 Å². The summed E-state index contributed by atoms with van der Waals surface area (Å²) in [5, 5.41) is 0.556. The molecule has 0 aliphatic rings. The van der Waals surface area contributed by atoms with Gasteiger partial charge in [-0.3, -0.25) is 14.2 Å². The summed E-state index contributed by atoms with van der Waals surface area (Å²) in [6.45, 7) is 9.55.